The van der Waals surface area contributed by atoms with Gasteiger partial charge >= 0.3 is 0 Å². The molecule has 0 radical (unpaired) electrons. The normalized spacial score (nSPS) is 26.1. The maximum atomic E-state index is 12.5. The van der Waals surface area contributed by atoms with E-state index in [1.807, 2.05) is 30.3 Å². The lowest BCUT2D eigenvalue weighted by atomic mass is 9.85. The summed E-state index contributed by atoms with van der Waals surface area (Å²) in [5, 5.41) is 1.01. The van der Waals surface area contributed by atoms with Gasteiger partial charge in [0.15, 0.2) is 5.76 Å². The Morgan fingerprint density at radius 1 is 1.19 bits per heavy atom. The molecular weight excluding hydrogens is 262 g/mol. The predicted octanol–water partition coefficient (Wildman–Crippen LogP) is 3.88. The lowest BCUT2D eigenvalue weighted by Gasteiger charge is -2.31. The van der Waals surface area contributed by atoms with Crippen molar-refractivity contribution in [3.8, 4) is 0 Å². The van der Waals surface area contributed by atoms with Gasteiger partial charge in [-0.05, 0) is 43.9 Å². The van der Waals surface area contributed by atoms with Gasteiger partial charge in [-0.1, -0.05) is 31.0 Å². The number of furan rings is 1. The van der Waals surface area contributed by atoms with Crippen LogP contribution in [0.25, 0.3) is 11.0 Å². The first-order valence-electron chi connectivity index (χ1n) is 8.07. The Labute approximate surface area is 124 Å². The van der Waals surface area contributed by atoms with E-state index in [2.05, 4.69) is 4.90 Å². The molecular formula is C18H21NO2. The monoisotopic (exact) mass is 283 g/mol. The quantitative estimate of drug-likeness (QED) is 0.802. The molecule has 1 aliphatic heterocycles. The zero-order valence-corrected chi connectivity index (χ0v) is 12.3. The number of likely N-dealkylation sites (tertiary alicyclic amines) is 1. The molecule has 1 saturated carbocycles. The van der Waals surface area contributed by atoms with Gasteiger partial charge in [-0.25, -0.2) is 0 Å². The van der Waals surface area contributed by atoms with Gasteiger partial charge in [-0.3, -0.25) is 9.69 Å². The summed E-state index contributed by atoms with van der Waals surface area (Å²) in [5.74, 6) is 1.45. The summed E-state index contributed by atoms with van der Waals surface area (Å²) in [4.78, 5) is 14.9. The Morgan fingerprint density at radius 2 is 2.05 bits per heavy atom. The lowest BCUT2D eigenvalue weighted by molar-refractivity contribution is 0.0871. The molecule has 3 nitrogen and oxygen atoms in total. The summed E-state index contributed by atoms with van der Waals surface area (Å²) in [6.07, 6.45) is 6.55. The van der Waals surface area contributed by atoms with E-state index in [0.29, 0.717) is 18.3 Å². The van der Waals surface area contributed by atoms with E-state index in [0.717, 1.165) is 23.4 Å². The number of hydrogen-bond acceptors (Lipinski definition) is 3. The van der Waals surface area contributed by atoms with Crippen molar-refractivity contribution in [2.45, 2.75) is 38.1 Å². The van der Waals surface area contributed by atoms with Crippen LogP contribution in [0.2, 0.25) is 0 Å². The zero-order valence-electron chi connectivity index (χ0n) is 12.3. The van der Waals surface area contributed by atoms with E-state index in [-0.39, 0.29) is 5.78 Å². The second kappa shape index (κ2) is 5.30. The Balaban J connectivity index is 1.50. The molecule has 0 bridgehead atoms. The fraction of sp³-hybridized carbons (Fsp3) is 0.500. The van der Waals surface area contributed by atoms with E-state index in [9.17, 15) is 4.79 Å². The average molecular weight is 283 g/mol. The van der Waals surface area contributed by atoms with Crippen LogP contribution < -0.4 is 0 Å². The Hall–Kier alpha value is -1.61. The maximum Gasteiger partial charge on any atom is 0.211 e. The molecule has 110 valence electrons. The molecule has 2 aliphatic rings. The lowest BCUT2D eigenvalue weighted by Crippen LogP contribution is -2.38. The summed E-state index contributed by atoms with van der Waals surface area (Å²) in [6, 6.07) is 10.3. The van der Waals surface area contributed by atoms with Gasteiger partial charge in [0.1, 0.15) is 5.58 Å². The minimum atomic E-state index is 0.123. The second-order valence-electron chi connectivity index (χ2n) is 6.44. The highest BCUT2D eigenvalue weighted by molar-refractivity contribution is 5.98. The highest BCUT2D eigenvalue weighted by atomic mass is 16.3. The van der Waals surface area contributed by atoms with Gasteiger partial charge in [0.05, 0.1) is 6.54 Å². The first kappa shape index (κ1) is 13.1. The van der Waals surface area contributed by atoms with Crippen molar-refractivity contribution in [3.63, 3.8) is 0 Å². The fourth-order valence-corrected chi connectivity index (χ4v) is 4.08. The van der Waals surface area contributed by atoms with Crippen LogP contribution in [0.3, 0.4) is 0 Å². The highest BCUT2D eigenvalue weighted by Crippen LogP contribution is 2.36. The van der Waals surface area contributed by atoms with Crippen molar-refractivity contribution in [3.05, 3.63) is 36.1 Å². The van der Waals surface area contributed by atoms with Crippen molar-refractivity contribution >= 4 is 16.8 Å². The molecule has 1 aliphatic carbocycles. The Morgan fingerprint density at radius 3 is 2.95 bits per heavy atom. The molecule has 1 aromatic heterocycles. The van der Waals surface area contributed by atoms with Gasteiger partial charge in [-0.15, -0.1) is 0 Å². The number of carbonyl (C=O) groups is 1. The van der Waals surface area contributed by atoms with Crippen molar-refractivity contribution in [1.82, 2.24) is 4.90 Å². The third-order valence-corrected chi connectivity index (χ3v) is 5.17. The third kappa shape index (κ3) is 2.40. The molecule has 1 aromatic carbocycles. The zero-order chi connectivity index (χ0) is 14.2. The summed E-state index contributed by atoms with van der Waals surface area (Å²) in [6.45, 7) is 1.59. The first-order valence-corrected chi connectivity index (χ1v) is 8.07. The molecule has 2 aromatic rings. The summed E-state index contributed by atoms with van der Waals surface area (Å²) in [5.41, 5.74) is 0.804. The van der Waals surface area contributed by atoms with Crippen LogP contribution in [-0.2, 0) is 0 Å². The SMILES string of the molecule is O=C(CN1CCC2CCCCC21)c1cc2ccccc2o1. The van der Waals surface area contributed by atoms with Crippen LogP contribution >= 0.6 is 0 Å². The van der Waals surface area contributed by atoms with Gasteiger partial charge < -0.3 is 4.42 Å². The number of para-hydroxylation sites is 1. The molecule has 2 heterocycles. The summed E-state index contributed by atoms with van der Waals surface area (Å²) < 4.78 is 5.70. The summed E-state index contributed by atoms with van der Waals surface area (Å²) in [7, 11) is 0. The minimum absolute atomic E-state index is 0.123. The van der Waals surface area contributed by atoms with Gasteiger partial charge in [0.2, 0.25) is 5.78 Å². The van der Waals surface area contributed by atoms with Gasteiger partial charge in [0.25, 0.3) is 0 Å². The molecule has 0 N–H and O–H groups in total. The van der Waals surface area contributed by atoms with Crippen molar-refractivity contribution in [1.29, 1.82) is 0 Å². The minimum Gasteiger partial charge on any atom is -0.453 e. The van der Waals surface area contributed by atoms with E-state index < -0.39 is 0 Å². The van der Waals surface area contributed by atoms with E-state index >= 15 is 0 Å². The number of Topliss-reactive ketones (excluding diaryl/α,β-unsaturated/α-hetero) is 1. The molecule has 2 atom stereocenters. The van der Waals surface area contributed by atoms with Crippen LogP contribution in [-0.4, -0.2) is 29.8 Å². The highest BCUT2D eigenvalue weighted by Gasteiger charge is 2.36. The molecule has 0 spiro atoms. The number of benzene rings is 1. The number of fused-ring (bicyclic) bond motifs is 2. The van der Waals surface area contributed by atoms with E-state index in [1.54, 1.807) is 0 Å². The number of hydrogen-bond donors (Lipinski definition) is 0. The Kier molecular flexibility index (Phi) is 3.30. The molecule has 1 saturated heterocycles. The first-order chi connectivity index (χ1) is 10.3. The smallest absolute Gasteiger partial charge is 0.211 e. The molecule has 2 unspecified atom stereocenters. The third-order valence-electron chi connectivity index (χ3n) is 5.17. The molecule has 21 heavy (non-hydrogen) atoms. The van der Waals surface area contributed by atoms with Gasteiger partial charge in [-0.2, -0.15) is 0 Å². The molecule has 0 amide bonds. The molecule has 2 fully saturated rings. The predicted molar refractivity (Wildman–Crippen MR) is 82.5 cm³/mol. The van der Waals surface area contributed by atoms with Crippen molar-refractivity contribution < 1.29 is 9.21 Å². The fourth-order valence-electron chi connectivity index (χ4n) is 4.08. The van der Waals surface area contributed by atoms with E-state index in [1.165, 1.54) is 32.1 Å². The van der Waals surface area contributed by atoms with E-state index in [4.69, 9.17) is 4.42 Å². The Bertz CT molecular complexity index is 627. The maximum absolute atomic E-state index is 12.5. The average Bonchev–Trinajstić information content (AvgIpc) is 3.11. The second-order valence-corrected chi connectivity index (χ2v) is 6.44. The van der Waals surface area contributed by atoms with Crippen LogP contribution in [0.5, 0.6) is 0 Å². The van der Waals surface area contributed by atoms with Crippen LogP contribution in [0, 0.1) is 5.92 Å². The van der Waals surface area contributed by atoms with Crippen molar-refractivity contribution in [2.75, 3.05) is 13.1 Å². The molecule has 3 heteroatoms. The molecule has 4 rings (SSSR count). The number of ketones is 1. The number of nitrogens with zero attached hydrogens (tertiary/aromatic N) is 1. The number of carbonyl (C=O) groups excluding carboxylic acids is 1. The standard InChI is InChI=1S/C18H21NO2/c20-16(18-11-14-6-2-4-8-17(14)21-18)12-19-10-9-13-5-1-3-7-15(13)19/h2,4,6,8,11,13,15H,1,3,5,7,9-10,12H2. The van der Waals surface area contributed by atoms with Gasteiger partial charge in [0, 0.05) is 11.4 Å². The largest absolute Gasteiger partial charge is 0.453 e. The van der Waals surface area contributed by atoms with Crippen LogP contribution in [0.1, 0.15) is 42.7 Å². The van der Waals surface area contributed by atoms with Crippen molar-refractivity contribution in [2.24, 2.45) is 5.92 Å². The van der Waals surface area contributed by atoms with Crippen LogP contribution in [0.15, 0.2) is 34.7 Å². The topological polar surface area (TPSA) is 33.5 Å². The van der Waals surface area contributed by atoms with Crippen LogP contribution in [0.4, 0.5) is 0 Å². The number of rotatable bonds is 3. The summed E-state index contributed by atoms with van der Waals surface area (Å²) >= 11 is 0.